The lowest BCUT2D eigenvalue weighted by molar-refractivity contribution is -0.139. The number of rotatable bonds is 6. The van der Waals surface area contributed by atoms with Gasteiger partial charge in [-0.1, -0.05) is 18.6 Å². The molecule has 0 amide bonds. The van der Waals surface area contributed by atoms with Crippen LogP contribution in [0.1, 0.15) is 54.0 Å². The highest BCUT2D eigenvalue weighted by Gasteiger charge is 2.37. The molecule has 0 heterocycles. The third-order valence-corrected chi connectivity index (χ3v) is 4.61. The predicted octanol–water partition coefficient (Wildman–Crippen LogP) is 1.61. The molecular formula is C16H24BNO4. The van der Waals surface area contributed by atoms with Crippen molar-refractivity contribution < 1.29 is 19.9 Å². The molecule has 0 aliphatic heterocycles. The van der Waals surface area contributed by atoms with Crippen LogP contribution < -0.4 is 5.73 Å². The number of aryl methyl sites for hydroxylation is 1. The van der Waals surface area contributed by atoms with Crippen LogP contribution in [0.2, 0.25) is 6.32 Å². The van der Waals surface area contributed by atoms with E-state index < -0.39 is 19.0 Å². The van der Waals surface area contributed by atoms with E-state index in [1.54, 1.807) is 0 Å². The lowest BCUT2D eigenvalue weighted by Gasteiger charge is -2.17. The van der Waals surface area contributed by atoms with Gasteiger partial charge >= 0.3 is 13.1 Å². The maximum Gasteiger partial charge on any atom is 0.451 e. The Labute approximate surface area is 131 Å². The summed E-state index contributed by atoms with van der Waals surface area (Å²) in [7, 11) is -1.32. The average Bonchev–Trinajstić information content (AvgIpc) is 2.74. The summed E-state index contributed by atoms with van der Waals surface area (Å²) in [5, 5.41) is 27.5. The van der Waals surface area contributed by atoms with Crippen LogP contribution in [0.25, 0.3) is 0 Å². The Bertz CT molecular complexity index is 559. The molecule has 3 unspecified atom stereocenters. The fourth-order valence-corrected chi connectivity index (χ4v) is 3.58. The second kappa shape index (κ2) is 6.81. The minimum absolute atomic E-state index is 0.00832. The summed E-state index contributed by atoms with van der Waals surface area (Å²) < 4.78 is 0. The Balaban J connectivity index is 2.25. The SMILES string of the molecule is Cc1cc2c(cc1C(C)N)C(C(=O)O)C(CCCB(O)O)C2. The summed E-state index contributed by atoms with van der Waals surface area (Å²) in [6.45, 7) is 3.91. The van der Waals surface area contributed by atoms with Crippen molar-refractivity contribution in [2.75, 3.05) is 0 Å². The Morgan fingerprint density at radius 1 is 1.45 bits per heavy atom. The maximum atomic E-state index is 11.7. The van der Waals surface area contributed by atoms with E-state index in [4.69, 9.17) is 15.8 Å². The highest BCUT2D eigenvalue weighted by atomic mass is 16.4. The van der Waals surface area contributed by atoms with Gasteiger partial charge in [0.15, 0.2) is 0 Å². The van der Waals surface area contributed by atoms with Gasteiger partial charge in [-0.2, -0.15) is 0 Å². The molecule has 22 heavy (non-hydrogen) atoms. The molecule has 0 aromatic heterocycles. The number of carboxylic acids is 1. The molecule has 5 N–H and O–H groups in total. The topological polar surface area (TPSA) is 104 Å². The predicted molar refractivity (Wildman–Crippen MR) is 85.6 cm³/mol. The smallest absolute Gasteiger partial charge is 0.451 e. The Morgan fingerprint density at radius 2 is 2.14 bits per heavy atom. The molecule has 1 aromatic carbocycles. The van der Waals surface area contributed by atoms with Crippen molar-refractivity contribution in [3.05, 3.63) is 34.4 Å². The van der Waals surface area contributed by atoms with Gasteiger partial charge < -0.3 is 20.9 Å². The molecular weight excluding hydrogens is 281 g/mol. The van der Waals surface area contributed by atoms with Gasteiger partial charge in [0.2, 0.25) is 0 Å². The largest absolute Gasteiger partial charge is 0.481 e. The Morgan fingerprint density at radius 3 is 2.68 bits per heavy atom. The van der Waals surface area contributed by atoms with Gasteiger partial charge in [-0.05, 0) is 61.2 Å². The van der Waals surface area contributed by atoms with Crippen LogP contribution in [0.3, 0.4) is 0 Å². The minimum atomic E-state index is -1.32. The number of hydrogen-bond acceptors (Lipinski definition) is 4. The second-order valence-electron chi connectivity index (χ2n) is 6.39. The molecule has 0 fully saturated rings. The van der Waals surface area contributed by atoms with Crippen molar-refractivity contribution >= 4 is 13.1 Å². The third-order valence-electron chi connectivity index (χ3n) is 4.61. The lowest BCUT2D eigenvalue weighted by atomic mass is 9.80. The number of carbonyl (C=O) groups is 1. The van der Waals surface area contributed by atoms with Crippen LogP contribution in [0.5, 0.6) is 0 Å². The normalized spacial score (nSPS) is 21.5. The van der Waals surface area contributed by atoms with Gasteiger partial charge in [0.1, 0.15) is 0 Å². The van der Waals surface area contributed by atoms with Gasteiger partial charge in [0.05, 0.1) is 5.92 Å². The maximum absolute atomic E-state index is 11.7. The van der Waals surface area contributed by atoms with Crippen molar-refractivity contribution in [3.8, 4) is 0 Å². The van der Waals surface area contributed by atoms with Crippen LogP contribution in [0.4, 0.5) is 0 Å². The number of benzene rings is 1. The molecule has 0 radical (unpaired) electrons. The molecule has 1 aliphatic carbocycles. The summed E-state index contributed by atoms with van der Waals surface area (Å²) >= 11 is 0. The molecule has 1 aromatic rings. The lowest BCUT2D eigenvalue weighted by Crippen LogP contribution is -2.19. The zero-order valence-electron chi connectivity index (χ0n) is 13.1. The summed E-state index contributed by atoms with van der Waals surface area (Å²) in [5.74, 6) is -1.33. The Kier molecular flexibility index (Phi) is 5.26. The second-order valence-corrected chi connectivity index (χ2v) is 6.39. The van der Waals surface area contributed by atoms with Gasteiger partial charge in [0.25, 0.3) is 0 Å². The number of hydrogen-bond donors (Lipinski definition) is 4. The molecule has 0 spiro atoms. The first-order chi connectivity index (χ1) is 10.3. The zero-order chi connectivity index (χ0) is 16.4. The summed E-state index contributed by atoms with van der Waals surface area (Å²) in [4.78, 5) is 11.7. The van der Waals surface area contributed by atoms with Gasteiger partial charge in [-0.25, -0.2) is 0 Å². The van der Waals surface area contributed by atoms with Crippen molar-refractivity contribution in [1.82, 2.24) is 0 Å². The standard InChI is InChI=1S/C16H24BNO4/c1-9-6-12-7-11(4-3-5-17(21)22)15(16(19)20)14(12)8-13(9)10(2)18/h6,8,10-11,15,21-22H,3-5,7,18H2,1-2H3,(H,19,20). The van der Waals surface area contributed by atoms with E-state index in [0.29, 0.717) is 12.8 Å². The van der Waals surface area contributed by atoms with Crippen molar-refractivity contribution in [3.63, 3.8) is 0 Å². The molecule has 0 saturated heterocycles. The summed E-state index contributed by atoms with van der Waals surface area (Å²) in [5.41, 5.74) is 10.0. The van der Waals surface area contributed by atoms with Crippen molar-refractivity contribution in [2.24, 2.45) is 11.7 Å². The van der Waals surface area contributed by atoms with Crippen LogP contribution in [-0.2, 0) is 11.2 Å². The molecule has 5 nitrogen and oxygen atoms in total. The first-order valence-electron chi connectivity index (χ1n) is 7.79. The van der Waals surface area contributed by atoms with E-state index in [0.717, 1.165) is 28.7 Å². The van der Waals surface area contributed by atoms with Crippen LogP contribution >= 0.6 is 0 Å². The highest BCUT2D eigenvalue weighted by Crippen LogP contribution is 2.42. The molecule has 6 heteroatoms. The van der Waals surface area contributed by atoms with E-state index in [1.165, 1.54) is 0 Å². The quantitative estimate of drug-likeness (QED) is 0.598. The number of fused-ring (bicyclic) bond motifs is 1. The fraction of sp³-hybridized carbons (Fsp3) is 0.562. The van der Waals surface area contributed by atoms with E-state index in [2.05, 4.69) is 6.07 Å². The van der Waals surface area contributed by atoms with Gasteiger partial charge in [0, 0.05) is 6.04 Å². The van der Waals surface area contributed by atoms with E-state index in [9.17, 15) is 9.90 Å². The minimum Gasteiger partial charge on any atom is -0.481 e. The fourth-order valence-electron chi connectivity index (χ4n) is 3.58. The zero-order valence-corrected chi connectivity index (χ0v) is 13.1. The molecule has 0 saturated carbocycles. The summed E-state index contributed by atoms with van der Waals surface area (Å²) in [6.07, 6.45) is 2.30. The number of aliphatic carboxylic acids is 1. The van der Waals surface area contributed by atoms with E-state index in [-0.39, 0.29) is 18.3 Å². The van der Waals surface area contributed by atoms with Crippen LogP contribution in [-0.4, -0.2) is 28.2 Å². The first-order valence-corrected chi connectivity index (χ1v) is 7.79. The van der Waals surface area contributed by atoms with Crippen LogP contribution in [0.15, 0.2) is 12.1 Å². The average molecular weight is 305 g/mol. The van der Waals surface area contributed by atoms with E-state index in [1.807, 2.05) is 19.9 Å². The van der Waals surface area contributed by atoms with Crippen molar-refractivity contribution in [2.45, 2.75) is 51.4 Å². The Hall–Kier alpha value is -1.37. The van der Waals surface area contributed by atoms with Crippen LogP contribution in [0, 0.1) is 12.8 Å². The highest BCUT2D eigenvalue weighted by molar-refractivity contribution is 6.40. The number of nitrogens with two attached hydrogens (primary N) is 1. The first kappa shape index (κ1) is 17.0. The van der Waals surface area contributed by atoms with Gasteiger partial charge in [-0.3, -0.25) is 4.79 Å². The van der Waals surface area contributed by atoms with E-state index >= 15 is 0 Å². The molecule has 0 bridgehead atoms. The van der Waals surface area contributed by atoms with Crippen molar-refractivity contribution in [1.29, 1.82) is 0 Å². The molecule has 3 atom stereocenters. The monoisotopic (exact) mass is 305 g/mol. The summed E-state index contributed by atoms with van der Waals surface area (Å²) in [6, 6.07) is 3.89. The number of carboxylic acid groups (broad SMARTS) is 1. The third kappa shape index (κ3) is 3.51. The van der Waals surface area contributed by atoms with Gasteiger partial charge in [-0.15, -0.1) is 0 Å². The molecule has 2 rings (SSSR count). The molecule has 120 valence electrons. The molecule has 1 aliphatic rings.